The van der Waals surface area contributed by atoms with Crippen LogP contribution in [0.25, 0.3) is 0 Å². The van der Waals surface area contributed by atoms with E-state index < -0.39 is 24.3 Å². The van der Waals surface area contributed by atoms with Crippen LogP contribution in [0.4, 0.5) is 4.79 Å². The number of aliphatic hydroxyl groups excluding tert-OH is 1. The lowest BCUT2D eigenvalue weighted by Crippen LogP contribution is -2.45. The Hall–Kier alpha value is -4.65. The van der Waals surface area contributed by atoms with Gasteiger partial charge >= 0.3 is 12.0 Å². The molecule has 0 radical (unpaired) electrons. The van der Waals surface area contributed by atoms with Crippen molar-refractivity contribution in [3.8, 4) is 23.0 Å². The summed E-state index contributed by atoms with van der Waals surface area (Å²) in [6, 6.07) is 14.4. The molecule has 0 unspecified atom stereocenters. The Morgan fingerprint density at radius 1 is 1.00 bits per heavy atom. The SMILES string of the molecule is CCOc1cc([C@@H]2NC(=O)NC(C)=C2C(=O)OC)ccc1OC[C@H](O)N/N=C\c1cc(Cl)c(OCc2ccc(Cl)cc2)c(OCC)c1. The fourth-order valence-electron chi connectivity index (χ4n) is 4.62. The molecule has 1 aliphatic rings. The zero-order valence-corrected chi connectivity index (χ0v) is 27.8. The molecule has 4 N–H and O–H groups in total. The van der Waals surface area contributed by atoms with Crippen molar-refractivity contribution in [2.75, 3.05) is 26.9 Å². The largest absolute Gasteiger partial charge is 0.490 e. The highest BCUT2D eigenvalue weighted by atomic mass is 35.5. The molecule has 14 heteroatoms. The highest BCUT2D eigenvalue weighted by Gasteiger charge is 2.32. The quantitative estimate of drug-likeness (QED) is 0.0705. The molecule has 0 fully saturated rings. The first-order valence-corrected chi connectivity index (χ1v) is 15.4. The van der Waals surface area contributed by atoms with E-state index in [-0.39, 0.29) is 18.8 Å². The summed E-state index contributed by atoms with van der Waals surface area (Å²) in [5, 5.41) is 20.9. The maximum atomic E-state index is 12.5. The van der Waals surface area contributed by atoms with E-state index in [9.17, 15) is 14.7 Å². The number of benzene rings is 3. The van der Waals surface area contributed by atoms with Crippen LogP contribution in [0.15, 0.2) is 71.0 Å². The number of hydrazone groups is 1. The Morgan fingerprint density at radius 2 is 1.72 bits per heavy atom. The minimum Gasteiger partial charge on any atom is -0.490 e. The average Bonchev–Trinajstić information content (AvgIpc) is 3.04. The third kappa shape index (κ3) is 9.44. The normalized spacial score (nSPS) is 15.0. The monoisotopic (exact) mass is 686 g/mol. The van der Waals surface area contributed by atoms with Crippen LogP contribution >= 0.6 is 23.2 Å². The molecule has 12 nitrogen and oxygen atoms in total. The van der Waals surface area contributed by atoms with E-state index in [2.05, 4.69) is 21.2 Å². The lowest BCUT2D eigenvalue weighted by molar-refractivity contribution is -0.136. The van der Waals surface area contributed by atoms with Crippen LogP contribution in [0.5, 0.6) is 23.0 Å². The van der Waals surface area contributed by atoms with E-state index in [0.29, 0.717) is 63.1 Å². The summed E-state index contributed by atoms with van der Waals surface area (Å²) in [5.41, 5.74) is 5.34. The number of hydrogen-bond donors (Lipinski definition) is 4. The topological polar surface area (TPSA) is 149 Å². The molecule has 1 heterocycles. The number of hydrogen-bond acceptors (Lipinski definition) is 10. The van der Waals surface area contributed by atoms with Gasteiger partial charge in [0.2, 0.25) is 0 Å². The molecule has 250 valence electrons. The second kappa shape index (κ2) is 16.8. The zero-order valence-electron chi connectivity index (χ0n) is 26.3. The summed E-state index contributed by atoms with van der Waals surface area (Å²) >= 11 is 12.5. The van der Waals surface area contributed by atoms with E-state index in [1.165, 1.54) is 13.3 Å². The standard InChI is InChI=1S/C33H36Cl2N4O8/c1-5-44-26-15-22(30-29(32(41)43-4)19(3)37-33(42)38-30)9-12-25(26)46-18-28(40)39-36-16-21-13-24(35)31(27(14-21)45-6-2)47-17-20-7-10-23(34)11-8-20/h7-16,28,30,39-40H,5-6,17-18H2,1-4H3,(H2,37,38,42)/b36-16-/t28-,30-/m0/s1. The lowest BCUT2D eigenvalue weighted by Gasteiger charge is -2.28. The van der Waals surface area contributed by atoms with Crippen LogP contribution in [-0.4, -0.2) is 56.5 Å². The van der Waals surface area contributed by atoms with Crippen molar-refractivity contribution in [3.63, 3.8) is 0 Å². The van der Waals surface area contributed by atoms with Crippen molar-refractivity contribution in [1.29, 1.82) is 0 Å². The Kier molecular flexibility index (Phi) is 12.6. The molecular formula is C33H36Cl2N4O8. The van der Waals surface area contributed by atoms with Gasteiger partial charge in [-0.3, -0.25) is 5.43 Å². The fraction of sp³-hybridized carbons (Fsp3) is 0.303. The van der Waals surface area contributed by atoms with Gasteiger partial charge in [-0.15, -0.1) is 0 Å². The zero-order chi connectivity index (χ0) is 33.9. The molecule has 0 saturated carbocycles. The van der Waals surface area contributed by atoms with Gasteiger partial charge in [0, 0.05) is 10.7 Å². The lowest BCUT2D eigenvalue weighted by atomic mass is 9.95. The highest BCUT2D eigenvalue weighted by molar-refractivity contribution is 6.32. The first-order chi connectivity index (χ1) is 22.6. The number of aliphatic hydroxyl groups is 1. The number of esters is 1. The van der Waals surface area contributed by atoms with Crippen LogP contribution in [0.3, 0.4) is 0 Å². The van der Waals surface area contributed by atoms with Crippen molar-refractivity contribution >= 4 is 41.4 Å². The van der Waals surface area contributed by atoms with E-state index in [0.717, 1.165) is 5.56 Å². The summed E-state index contributed by atoms with van der Waals surface area (Å²) < 4.78 is 28.2. The highest BCUT2D eigenvalue weighted by Crippen LogP contribution is 2.37. The molecule has 2 atom stereocenters. The molecular weight excluding hydrogens is 651 g/mol. The van der Waals surface area contributed by atoms with Crippen LogP contribution in [0.1, 0.15) is 43.5 Å². The summed E-state index contributed by atoms with van der Waals surface area (Å²) in [7, 11) is 1.27. The number of carbonyl (C=O) groups is 2. The Balaban J connectivity index is 1.40. The number of methoxy groups -OCH3 is 1. The number of amides is 2. The maximum Gasteiger partial charge on any atom is 0.337 e. The van der Waals surface area contributed by atoms with E-state index in [1.54, 1.807) is 56.3 Å². The molecule has 0 spiro atoms. The van der Waals surface area contributed by atoms with E-state index in [1.807, 2.05) is 19.1 Å². The third-order valence-electron chi connectivity index (χ3n) is 6.74. The van der Waals surface area contributed by atoms with Crippen LogP contribution in [0, 0.1) is 0 Å². The molecule has 1 aliphatic heterocycles. The van der Waals surface area contributed by atoms with Crippen LogP contribution < -0.4 is 35.0 Å². The molecule has 2 amide bonds. The Morgan fingerprint density at radius 3 is 2.43 bits per heavy atom. The summed E-state index contributed by atoms with van der Waals surface area (Å²) in [4.78, 5) is 24.6. The number of halogens is 2. The predicted molar refractivity (Wildman–Crippen MR) is 177 cm³/mol. The number of rotatable bonds is 15. The van der Waals surface area contributed by atoms with Gasteiger partial charge in [-0.05, 0) is 73.9 Å². The van der Waals surface area contributed by atoms with Gasteiger partial charge in [0.15, 0.2) is 29.2 Å². The van der Waals surface area contributed by atoms with E-state index in [4.69, 9.17) is 46.9 Å². The predicted octanol–water partition coefficient (Wildman–Crippen LogP) is 5.49. The van der Waals surface area contributed by atoms with E-state index >= 15 is 0 Å². The number of nitrogens with one attached hydrogen (secondary N) is 3. The minimum absolute atomic E-state index is 0.185. The molecule has 47 heavy (non-hydrogen) atoms. The average molecular weight is 688 g/mol. The molecule has 4 rings (SSSR count). The van der Waals surface area contributed by atoms with Gasteiger partial charge in [0.1, 0.15) is 13.2 Å². The fourth-order valence-corrected chi connectivity index (χ4v) is 5.02. The molecule has 3 aromatic carbocycles. The van der Waals surface area contributed by atoms with Crippen LogP contribution in [-0.2, 0) is 16.1 Å². The van der Waals surface area contributed by atoms with Gasteiger partial charge in [-0.2, -0.15) is 5.10 Å². The molecule has 0 saturated heterocycles. The second-order valence-corrected chi connectivity index (χ2v) is 10.9. The van der Waals surface area contributed by atoms with Gasteiger partial charge in [0.05, 0.1) is 43.2 Å². The van der Waals surface area contributed by atoms with Gasteiger partial charge in [-0.1, -0.05) is 41.4 Å². The summed E-state index contributed by atoms with van der Waals surface area (Å²) in [5.74, 6) is 0.950. The number of allylic oxidation sites excluding steroid dienone is 1. The maximum absolute atomic E-state index is 12.5. The summed E-state index contributed by atoms with van der Waals surface area (Å²) in [6.07, 6.45) is 0.285. The van der Waals surface area contributed by atoms with Gasteiger partial charge in [-0.25, -0.2) is 9.59 Å². The molecule has 0 bridgehead atoms. The summed E-state index contributed by atoms with van der Waals surface area (Å²) in [6.45, 7) is 6.07. The number of carbonyl (C=O) groups excluding carboxylic acids is 2. The molecule has 0 aromatic heterocycles. The first-order valence-electron chi connectivity index (χ1n) is 14.7. The third-order valence-corrected chi connectivity index (χ3v) is 7.27. The number of urea groups is 1. The molecule has 0 aliphatic carbocycles. The van der Waals surface area contributed by atoms with Crippen LogP contribution in [0.2, 0.25) is 10.0 Å². The van der Waals surface area contributed by atoms with Crippen molar-refractivity contribution in [2.45, 2.75) is 39.6 Å². The number of nitrogens with zero attached hydrogens (tertiary/aromatic N) is 1. The van der Waals surface area contributed by atoms with Crippen molar-refractivity contribution in [1.82, 2.24) is 16.1 Å². The van der Waals surface area contributed by atoms with Gasteiger partial charge < -0.3 is 39.4 Å². The Labute approximate surface area is 282 Å². The second-order valence-electron chi connectivity index (χ2n) is 10.1. The van der Waals surface area contributed by atoms with Crippen molar-refractivity contribution in [3.05, 3.63) is 92.6 Å². The minimum atomic E-state index is -1.19. The first kappa shape index (κ1) is 35.2. The van der Waals surface area contributed by atoms with Gasteiger partial charge in [0.25, 0.3) is 0 Å². The Bertz CT molecular complexity index is 1630. The number of ether oxygens (including phenoxy) is 5. The van der Waals surface area contributed by atoms with Crippen molar-refractivity contribution in [2.24, 2.45) is 5.10 Å². The van der Waals surface area contributed by atoms with Crippen molar-refractivity contribution < 1.29 is 38.4 Å². The smallest absolute Gasteiger partial charge is 0.337 e. The molecule has 3 aromatic rings.